The molecule has 1 aromatic carbocycles. The largest absolute Gasteiger partial charge is 0.391 e. The first kappa shape index (κ1) is 34.7. The number of carbonyl (C=O) groups is 3. The molecular weight excluding hydrogens is 560 g/mol. The quantitative estimate of drug-likeness (QED) is 0.256. The molecular formula is C34H52N4O4S. The Morgan fingerprint density at radius 2 is 1.72 bits per heavy atom. The SMILES string of the molecule is CC(C)CC[C@H](O)[C@H](CC1CCCCC1)NC(=O)[C@H](CC(=O)N(CC(=O)N(C)C)[C@@H](C)c1ccccc1)Cc1cscn1. The molecule has 0 aliphatic heterocycles. The van der Waals surface area contributed by atoms with Gasteiger partial charge < -0.3 is 20.2 Å². The van der Waals surface area contributed by atoms with E-state index in [1.165, 1.54) is 35.5 Å². The number of carbonyl (C=O) groups excluding carboxylic acids is 3. The van der Waals surface area contributed by atoms with Gasteiger partial charge in [0, 0.05) is 32.3 Å². The molecule has 0 saturated heterocycles. The molecule has 2 N–H and O–H groups in total. The van der Waals surface area contributed by atoms with Crippen molar-refractivity contribution in [3.05, 3.63) is 52.5 Å². The summed E-state index contributed by atoms with van der Waals surface area (Å²) < 4.78 is 0. The highest BCUT2D eigenvalue weighted by Gasteiger charge is 2.33. The third-order valence-corrected chi connectivity index (χ3v) is 9.38. The fourth-order valence-electron chi connectivity index (χ4n) is 5.92. The lowest BCUT2D eigenvalue weighted by molar-refractivity contribution is -0.143. The molecule has 238 valence electrons. The van der Waals surface area contributed by atoms with Crippen LogP contribution >= 0.6 is 11.3 Å². The Labute approximate surface area is 262 Å². The van der Waals surface area contributed by atoms with Gasteiger partial charge in [-0.2, -0.15) is 0 Å². The van der Waals surface area contributed by atoms with Gasteiger partial charge in [-0.15, -0.1) is 11.3 Å². The van der Waals surface area contributed by atoms with Crippen molar-refractivity contribution < 1.29 is 19.5 Å². The minimum Gasteiger partial charge on any atom is -0.391 e. The highest BCUT2D eigenvalue weighted by atomic mass is 32.1. The summed E-state index contributed by atoms with van der Waals surface area (Å²) in [6.07, 6.45) is 7.74. The third kappa shape index (κ3) is 11.3. The molecule has 9 heteroatoms. The first-order valence-electron chi connectivity index (χ1n) is 15.9. The number of amides is 3. The van der Waals surface area contributed by atoms with Crippen LogP contribution in [0.5, 0.6) is 0 Å². The van der Waals surface area contributed by atoms with Crippen LogP contribution in [0.1, 0.15) is 95.9 Å². The summed E-state index contributed by atoms with van der Waals surface area (Å²) in [6, 6.07) is 8.92. The van der Waals surface area contributed by atoms with E-state index in [0.29, 0.717) is 24.7 Å². The molecule has 1 fully saturated rings. The van der Waals surface area contributed by atoms with Gasteiger partial charge >= 0.3 is 0 Å². The summed E-state index contributed by atoms with van der Waals surface area (Å²) in [6.45, 7) is 6.11. The highest BCUT2D eigenvalue weighted by Crippen LogP contribution is 2.29. The van der Waals surface area contributed by atoms with Gasteiger partial charge in [0.2, 0.25) is 17.7 Å². The van der Waals surface area contributed by atoms with Gasteiger partial charge in [-0.05, 0) is 43.6 Å². The number of likely N-dealkylation sites (N-methyl/N-ethyl adjacent to an activating group) is 1. The van der Waals surface area contributed by atoms with Crippen LogP contribution in [-0.2, 0) is 20.8 Å². The van der Waals surface area contributed by atoms with Gasteiger partial charge in [-0.3, -0.25) is 14.4 Å². The lowest BCUT2D eigenvalue weighted by Crippen LogP contribution is -2.48. The highest BCUT2D eigenvalue weighted by molar-refractivity contribution is 7.07. The van der Waals surface area contributed by atoms with E-state index in [2.05, 4.69) is 24.1 Å². The molecule has 0 spiro atoms. The number of aromatic nitrogens is 1. The van der Waals surface area contributed by atoms with Crippen molar-refractivity contribution in [1.82, 2.24) is 20.1 Å². The van der Waals surface area contributed by atoms with Gasteiger partial charge in [0.05, 0.1) is 35.3 Å². The number of nitrogens with one attached hydrogen (secondary N) is 1. The number of thiazole rings is 1. The van der Waals surface area contributed by atoms with Crippen molar-refractivity contribution in [3.63, 3.8) is 0 Å². The molecule has 0 bridgehead atoms. The fraction of sp³-hybridized carbons (Fsp3) is 0.647. The Morgan fingerprint density at radius 1 is 1.02 bits per heavy atom. The summed E-state index contributed by atoms with van der Waals surface area (Å²) in [5.41, 5.74) is 3.41. The number of aliphatic hydroxyl groups is 1. The zero-order chi connectivity index (χ0) is 31.4. The molecule has 1 saturated carbocycles. The molecule has 3 rings (SSSR count). The van der Waals surface area contributed by atoms with E-state index in [-0.39, 0.29) is 42.8 Å². The number of nitrogens with zero attached hydrogens (tertiary/aromatic N) is 3. The predicted molar refractivity (Wildman–Crippen MR) is 172 cm³/mol. The topological polar surface area (TPSA) is 103 Å². The Kier molecular flexibility index (Phi) is 14.1. The molecule has 8 nitrogen and oxygen atoms in total. The zero-order valence-corrected chi connectivity index (χ0v) is 27.5. The van der Waals surface area contributed by atoms with Crippen molar-refractivity contribution in [2.45, 2.75) is 103 Å². The van der Waals surface area contributed by atoms with Crippen LogP contribution in [-0.4, -0.2) is 70.4 Å². The summed E-state index contributed by atoms with van der Waals surface area (Å²) in [5, 5.41) is 16.4. The Hall–Kier alpha value is -2.78. The maximum atomic E-state index is 14.0. The normalized spacial score (nSPS) is 16.7. The molecule has 3 amide bonds. The van der Waals surface area contributed by atoms with Crippen LogP contribution in [0.3, 0.4) is 0 Å². The standard InChI is InChI=1S/C34H52N4O4S/c1-24(2)16-17-31(39)30(18-26-12-8-6-9-13-26)36-34(42)28(19-29-22-43-23-35-29)20-32(40)38(21-33(41)37(4)5)25(3)27-14-10-7-11-15-27/h7,10-11,14-15,22-26,28,30-31,39H,6,8-9,12-13,16-21H2,1-5H3,(H,36,42)/t25-,28-,30-,31-/m0/s1. The van der Waals surface area contributed by atoms with E-state index in [4.69, 9.17) is 0 Å². The predicted octanol–water partition coefficient (Wildman–Crippen LogP) is 5.62. The molecule has 4 atom stereocenters. The van der Waals surface area contributed by atoms with E-state index in [1.807, 2.05) is 42.6 Å². The Morgan fingerprint density at radius 3 is 2.33 bits per heavy atom. The second-order valence-corrected chi connectivity index (χ2v) is 13.6. The number of hydrogen-bond acceptors (Lipinski definition) is 6. The van der Waals surface area contributed by atoms with Gasteiger partial charge in [0.15, 0.2) is 0 Å². The smallest absolute Gasteiger partial charge is 0.241 e. The molecule has 0 radical (unpaired) electrons. The third-order valence-electron chi connectivity index (χ3n) is 8.75. The zero-order valence-electron chi connectivity index (χ0n) is 26.7. The van der Waals surface area contributed by atoms with Crippen LogP contribution in [0.25, 0.3) is 0 Å². The molecule has 1 aliphatic rings. The maximum absolute atomic E-state index is 14.0. The van der Waals surface area contributed by atoms with Crippen molar-refractivity contribution in [1.29, 1.82) is 0 Å². The van der Waals surface area contributed by atoms with Crippen LogP contribution < -0.4 is 5.32 Å². The minimum absolute atomic E-state index is 0.0561. The van der Waals surface area contributed by atoms with E-state index < -0.39 is 12.0 Å². The van der Waals surface area contributed by atoms with Crippen molar-refractivity contribution >= 4 is 29.1 Å². The van der Waals surface area contributed by atoms with E-state index in [0.717, 1.165) is 36.9 Å². The number of aliphatic hydroxyl groups excluding tert-OH is 1. The van der Waals surface area contributed by atoms with E-state index in [1.54, 1.807) is 24.5 Å². The van der Waals surface area contributed by atoms with E-state index in [9.17, 15) is 19.5 Å². The van der Waals surface area contributed by atoms with Crippen LogP contribution in [0, 0.1) is 17.8 Å². The molecule has 43 heavy (non-hydrogen) atoms. The molecule has 2 aromatic rings. The van der Waals surface area contributed by atoms with Gasteiger partial charge in [-0.25, -0.2) is 4.98 Å². The average molecular weight is 613 g/mol. The summed E-state index contributed by atoms with van der Waals surface area (Å²) in [5.74, 6) is -0.426. The molecule has 0 unspecified atom stereocenters. The second kappa shape index (κ2) is 17.5. The van der Waals surface area contributed by atoms with Crippen molar-refractivity contribution in [2.24, 2.45) is 17.8 Å². The Bertz CT molecular complexity index is 1120. The van der Waals surface area contributed by atoms with Crippen LogP contribution in [0.15, 0.2) is 41.2 Å². The summed E-state index contributed by atoms with van der Waals surface area (Å²) in [4.78, 5) is 48.2. The van der Waals surface area contributed by atoms with Gasteiger partial charge in [0.1, 0.15) is 6.54 Å². The first-order valence-corrected chi connectivity index (χ1v) is 16.9. The first-order chi connectivity index (χ1) is 20.5. The second-order valence-electron chi connectivity index (χ2n) is 12.9. The maximum Gasteiger partial charge on any atom is 0.241 e. The summed E-state index contributed by atoms with van der Waals surface area (Å²) >= 11 is 1.46. The van der Waals surface area contributed by atoms with Crippen molar-refractivity contribution in [2.75, 3.05) is 20.6 Å². The minimum atomic E-state index is -0.680. The average Bonchev–Trinajstić information content (AvgIpc) is 3.51. The molecule has 1 heterocycles. The lowest BCUT2D eigenvalue weighted by Gasteiger charge is -2.33. The monoisotopic (exact) mass is 612 g/mol. The van der Waals surface area contributed by atoms with Gasteiger partial charge in [-0.1, -0.05) is 76.3 Å². The number of hydrogen-bond donors (Lipinski definition) is 2. The van der Waals surface area contributed by atoms with Crippen molar-refractivity contribution in [3.8, 4) is 0 Å². The van der Waals surface area contributed by atoms with Crippen LogP contribution in [0.4, 0.5) is 0 Å². The van der Waals surface area contributed by atoms with Crippen LogP contribution in [0.2, 0.25) is 0 Å². The van der Waals surface area contributed by atoms with Gasteiger partial charge in [0.25, 0.3) is 0 Å². The lowest BCUT2D eigenvalue weighted by atomic mass is 9.82. The molecule has 1 aromatic heterocycles. The Balaban J connectivity index is 1.83. The number of rotatable bonds is 16. The fourth-order valence-corrected chi connectivity index (χ4v) is 6.49. The molecule has 1 aliphatic carbocycles. The van der Waals surface area contributed by atoms with E-state index >= 15 is 0 Å². The number of benzene rings is 1. The summed E-state index contributed by atoms with van der Waals surface area (Å²) in [7, 11) is 3.35.